The summed E-state index contributed by atoms with van der Waals surface area (Å²) in [5.74, 6) is -2.34. The van der Waals surface area contributed by atoms with Gasteiger partial charge in [0.05, 0.1) is 0 Å². The number of rotatable bonds is 7. The lowest BCUT2D eigenvalue weighted by Crippen LogP contribution is -2.35. The Labute approximate surface area is 95.4 Å². The van der Waals surface area contributed by atoms with E-state index < -0.39 is 27.7 Å². The van der Waals surface area contributed by atoms with Crippen LogP contribution in [0.4, 0.5) is 0 Å². The molecular weight excluding hydrogens is 232 g/mol. The van der Waals surface area contributed by atoms with Crippen molar-refractivity contribution in [3.05, 3.63) is 0 Å². The average Bonchev–Trinajstić information content (AvgIpc) is 2.20. The van der Waals surface area contributed by atoms with E-state index in [2.05, 4.69) is 9.42 Å². The highest BCUT2D eigenvalue weighted by molar-refractivity contribution is 6.31. The predicted octanol–water partition coefficient (Wildman–Crippen LogP) is -3.20. The van der Waals surface area contributed by atoms with Gasteiger partial charge in [-0.1, -0.05) is 0 Å². The standard InChI is InChI=1S/C7H16N4O4Si/c8-4(2-1-3-11-6(9)10)5(12)15-16-7(13)14/h4,7,13-14H,1-3,8H2,(H4,9,10,11)/t4-/m0/s1. The Balaban J connectivity index is 3.67. The molecule has 0 aliphatic rings. The van der Waals surface area contributed by atoms with Gasteiger partial charge in [0.2, 0.25) is 0 Å². The van der Waals surface area contributed by atoms with Crippen molar-refractivity contribution in [1.82, 2.24) is 0 Å². The average molecular weight is 248 g/mol. The lowest BCUT2D eigenvalue weighted by atomic mass is 10.2. The Morgan fingerprint density at radius 2 is 2.06 bits per heavy atom. The summed E-state index contributed by atoms with van der Waals surface area (Å²) in [7, 11) is -0.723. The molecule has 0 amide bonds. The van der Waals surface area contributed by atoms with Gasteiger partial charge < -0.3 is 31.8 Å². The molecule has 0 aromatic heterocycles. The molecule has 92 valence electrons. The zero-order valence-electron chi connectivity index (χ0n) is 8.67. The summed E-state index contributed by atoms with van der Waals surface area (Å²) < 4.78 is 4.52. The topological polar surface area (TPSA) is 157 Å². The van der Waals surface area contributed by atoms with E-state index in [1.807, 2.05) is 0 Å². The normalized spacial score (nSPS) is 12.2. The summed E-state index contributed by atoms with van der Waals surface area (Å²) in [5.41, 5.74) is 15.7. The molecule has 0 aromatic rings. The van der Waals surface area contributed by atoms with E-state index in [1.54, 1.807) is 0 Å². The van der Waals surface area contributed by atoms with Crippen LogP contribution in [-0.2, 0) is 9.22 Å². The molecular formula is C7H16N4O4Si. The molecule has 0 saturated heterocycles. The van der Waals surface area contributed by atoms with Gasteiger partial charge in [0, 0.05) is 6.54 Å². The first kappa shape index (κ1) is 14.8. The molecule has 0 spiro atoms. The molecule has 16 heavy (non-hydrogen) atoms. The third-order valence-corrected chi connectivity index (χ3v) is 2.07. The van der Waals surface area contributed by atoms with Crippen molar-refractivity contribution in [3.63, 3.8) is 0 Å². The zero-order valence-corrected chi connectivity index (χ0v) is 9.67. The summed E-state index contributed by atoms with van der Waals surface area (Å²) >= 11 is 0. The number of carbonyl (C=O) groups excluding carboxylic acids is 1. The van der Waals surface area contributed by atoms with Crippen LogP contribution in [0.25, 0.3) is 0 Å². The largest absolute Gasteiger partial charge is 0.509 e. The van der Waals surface area contributed by atoms with E-state index in [4.69, 9.17) is 27.4 Å². The van der Waals surface area contributed by atoms with Crippen LogP contribution < -0.4 is 17.2 Å². The third kappa shape index (κ3) is 8.17. The molecule has 0 fully saturated rings. The van der Waals surface area contributed by atoms with E-state index in [0.29, 0.717) is 19.4 Å². The van der Waals surface area contributed by atoms with Gasteiger partial charge in [-0.15, -0.1) is 0 Å². The lowest BCUT2D eigenvalue weighted by molar-refractivity contribution is -0.137. The fraction of sp³-hybridized carbons (Fsp3) is 0.714. The number of aliphatic imine (C=N–C) groups is 1. The Morgan fingerprint density at radius 3 is 2.56 bits per heavy atom. The smallest absolute Gasteiger partial charge is 0.379 e. The number of hydrogen-bond donors (Lipinski definition) is 5. The Morgan fingerprint density at radius 1 is 1.44 bits per heavy atom. The Bertz CT molecular complexity index is 245. The van der Waals surface area contributed by atoms with Crippen LogP contribution in [-0.4, -0.2) is 50.4 Å². The molecule has 2 radical (unpaired) electrons. The van der Waals surface area contributed by atoms with E-state index >= 15 is 0 Å². The maximum Gasteiger partial charge on any atom is 0.379 e. The molecule has 0 bridgehead atoms. The predicted molar refractivity (Wildman–Crippen MR) is 58.0 cm³/mol. The van der Waals surface area contributed by atoms with Gasteiger partial charge in [-0.05, 0) is 12.8 Å². The fourth-order valence-corrected chi connectivity index (χ4v) is 1.20. The first-order valence-electron chi connectivity index (χ1n) is 4.56. The molecule has 9 heteroatoms. The molecule has 0 aromatic carbocycles. The van der Waals surface area contributed by atoms with Gasteiger partial charge in [-0.25, -0.2) is 0 Å². The van der Waals surface area contributed by atoms with E-state index in [1.165, 1.54) is 0 Å². The van der Waals surface area contributed by atoms with Crippen LogP contribution in [0.3, 0.4) is 0 Å². The van der Waals surface area contributed by atoms with Gasteiger partial charge in [-0.2, -0.15) is 0 Å². The highest BCUT2D eigenvalue weighted by Crippen LogP contribution is 1.97. The number of guanidine groups is 1. The second-order valence-corrected chi connectivity index (χ2v) is 3.92. The van der Waals surface area contributed by atoms with Crippen molar-refractivity contribution in [1.29, 1.82) is 0 Å². The second-order valence-electron chi connectivity index (χ2n) is 2.97. The SMILES string of the molecule is NC(N)=NCCC[C@H](N)C(=O)O[Si]C(O)O. The van der Waals surface area contributed by atoms with Crippen molar-refractivity contribution >= 4 is 21.7 Å². The van der Waals surface area contributed by atoms with E-state index in [0.717, 1.165) is 0 Å². The number of carbonyl (C=O) groups is 1. The highest BCUT2D eigenvalue weighted by Gasteiger charge is 2.16. The molecule has 8 N–H and O–H groups in total. The maximum absolute atomic E-state index is 11.1. The summed E-state index contributed by atoms with van der Waals surface area (Å²) in [4.78, 5) is 14.8. The van der Waals surface area contributed by atoms with Crippen LogP contribution in [0, 0.1) is 0 Å². The minimum atomic E-state index is -1.65. The van der Waals surface area contributed by atoms with Gasteiger partial charge in [0.1, 0.15) is 6.04 Å². The monoisotopic (exact) mass is 248 g/mol. The molecule has 0 unspecified atom stereocenters. The maximum atomic E-state index is 11.1. The minimum Gasteiger partial charge on any atom is -0.509 e. The van der Waals surface area contributed by atoms with Crippen molar-refractivity contribution in [2.45, 2.75) is 24.8 Å². The van der Waals surface area contributed by atoms with Gasteiger partial charge in [0.25, 0.3) is 0 Å². The second kappa shape index (κ2) is 8.04. The van der Waals surface area contributed by atoms with Crippen LogP contribution in [0.5, 0.6) is 0 Å². The third-order valence-electron chi connectivity index (χ3n) is 1.54. The zero-order chi connectivity index (χ0) is 12.6. The molecule has 8 nitrogen and oxygen atoms in total. The summed E-state index contributed by atoms with van der Waals surface area (Å²) in [6, 6.07) is -0.805. The number of nitrogens with two attached hydrogens (primary N) is 3. The fourth-order valence-electron chi connectivity index (χ4n) is 0.824. The van der Waals surface area contributed by atoms with Gasteiger partial charge in [0.15, 0.2) is 11.9 Å². The van der Waals surface area contributed by atoms with Crippen LogP contribution in [0.2, 0.25) is 0 Å². The van der Waals surface area contributed by atoms with Gasteiger partial charge >= 0.3 is 15.7 Å². The van der Waals surface area contributed by atoms with Crippen molar-refractivity contribution < 1.29 is 19.4 Å². The van der Waals surface area contributed by atoms with E-state index in [9.17, 15) is 4.79 Å². The lowest BCUT2D eigenvalue weighted by Gasteiger charge is -2.10. The number of aliphatic hydroxyl groups is 2. The van der Waals surface area contributed by atoms with Gasteiger partial charge in [-0.3, -0.25) is 9.79 Å². The Kier molecular flexibility index (Phi) is 7.46. The quantitative estimate of drug-likeness (QED) is 0.104. The first-order valence-corrected chi connectivity index (χ1v) is 5.55. The molecule has 1 atom stereocenters. The summed E-state index contributed by atoms with van der Waals surface area (Å²) in [6.45, 7) is 0.383. The van der Waals surface area contributed by atoms with Crippen molar-refractivity contribution in [2.24, 2.45) is 22.2 Å². The Hall–Kier alpha value is -1.16. The molecule has 0 aliphatic heterocycles. The molecule has 0 heterocycles. The van der Waals surface area contributed by atoms with Crippen molar-refractivity contribution in [2.75, 3.05) is 6.54 Å². The summed E-state index contributed by atoms with van der Waals surface area (Å²) in [5, 5.41) is 16.9. The first-order chi connectivity index (χ1) is 7.43. The van der Waals surface area contributed by atoms with Crippen LogP contribution in [0.15, 0.2) is 4.99 Å². The number of nitrogens with zero attached hydrogens (tertiary/aromatic N) is 1. The minimum absolute atomic E-state index is 0.0129. The molecule has 0 aliphatic carbocycles. The highest BCUT2D eigenvalue weighted by atomic mass is 28.2. The number of hydrogen-bond acceptors (Lipinski definition) is 6. The van der Waals surface area contributed by atoms with Crippen molar-refractivity contribution in [3.8, 4) is 0 Å². The van der Waals surface area contributed by atoms with Crippen LogP contribution in [0.1, 0.15) is 12.8 Å². The molecule has 0 rings (SSSR count). The number of aliphatic hydroxyl groups excluding tert-OH is 1. The molecule has 0 saturated carbocycles. The summed E-state index contributed by atoms with van der Waals surface area (Å²) in [6.07, 6.45) is 0.903. The van der Waals surface area contributed by atoms with E-state index in [-0.39, 0.29) is 5.96 Å². The van der Waals surface area contributed by atoms with Crippen LogP contribution >= 0.6 is 0 Å².